The van der Waals surface area contributed by atoms with Crippen LogP contribution in [0, 0.1) is 33.8 Å². The summed E-state index contributed by atoms with van der Waals surface area (Å²) < 4.78 is 0. The van der Waals surface area contributed by atoms with E-state index in [-0.39, 0.29) is 29.8 Å². The van der Waals surface area contributed by atoms with Crippen LogP contribution in [0.15, 0.2) is 30.3 Å². The maximum atomic E-state index is 14.3. The SMILES string of the molecule is CN(C)[C@@H]1C(=O)C(C(N)=O)C(=O)[C@@]2(O)C(=O)C3C(=O)c4c(O)c(C(C)(C)C)cc(-c5cccc([N+](=O)[O-])c5)c4C[C@H]3C[C@@H]12. The van der Waals surface area contributed by atoms with Crippen molar-refractivity contribution in [1.29, 1.82) is 0 Å². The van der Waals surface area contributed by atoms with Crippen molar-refractivity contribution in [2.75, 3.05) is 14.1 Å². The largest absolute Gasteiger partial charge is 0.507 e. The van der Waals surface area contributed by atoms with E-state index < -0.39 is 74.7 Å². The van der Waals surface area contributed by atoms with Gasteiger partial charge in [0.05, 0.1) is 22.4 Å². The number of primary amides is 1. The Kier molecular flexibility index (Phi) is 6.94. The standard InChI is InChI=1S/C31H33N3O9/c1-30(2,3)19-12-16(13-7-6-8-15(9-13)34(42)43)17-10-14-11-18-23(33(4)5)26(37)22(29(32)40)28(39)31(18,41)27(38)20(14)25(36)21(17)24(19)35/h6-9,12,14,18,20,22-23,35,41H,10-11H2,1-5H3,(H2,32,40)/t14-,18-,20?,22?,23-,31-/m0/s1. The Bertz CT molecular complexity index is 1640. The maximum absolute atomic E-state index is 14.3. The minimum absolute atomic E-state index is 0.0435. The van der Waals surface area contributed by atoms with Gasteiger partial charge < -0.3 is 15.9 Å². The fourth-order valence-electron chi connectivity index (χ4n) is 7.29. The first-order valence-electron chi connectivity index (χ1n) is 13.9. The first-order chi connectivity index (χ1) is 19.9. The van der Waals surface area contributed by atoms with Crippen LogP contribution in [0.1, 0.15) is 48.7 Å². The zero-order valence-electron chi connectivity index (χ0n) is 24.4. The molecule has 0 spiro atoms. The van der Waals surface area contributed by atoms with E-state index in [0.29, 0.717) is 22.3 Å². The van der Waals surface area contributed by atoms with Crippen LogP contribution in [0.4, 0.5) is 5.69 Å². The molecular formula is C31H33N3O9. The highest BCUT2D eigenvalue weighted by molar-refractivity contribution is 6.32. The number of nitrogens with two attached hydrogens (primary N) is 1. The quantitative estimate of drug-likeness (QED) is 0.267. The zero-order chi connectivity index (χ0) is 31.9. The van der Waals surface area contributed by atoms with Crippen molar-refractivity contribution in [2.24, 2.45) is 29.4 Å². The number of nitro benzene ring substituents is 1. The Balaban J connectivity index is 1.74. The average molecular weight is 592 g/mol. The molecular weight excluding hydrogens is 558 g/mol. The van der Waals surface area contributed by atoms with Crippen LogP contribution in [0.2, 0.25) is 0 Å². The number of phenolic OH excluding ortho intramolecular Hbond substituents is 1. The number of carbonyl (C=O) groups excluding carboxylic acids is 5. The third-order valence-corrected chi connectivity index (χ3v) is 9.24. The molecule has 2 saturated carbocycles. The van der Waals surface area contributed by atoms with Crippen molar-refractivity contribution in [3.8, 4) is 16.9 Å². The number of nitrogens with zero attached hydrogens (tertiary/aromatic N) is 2. The van der Waals surface area contributed by atoms with Gasteiger partial charge in [-0.3, -0.25) is 39.0 Å². The zero-order valence-corrected chi connectivity index (χ0v) is 24.4. The molecule has 0 radical (unpaired) electrons. The monoisotopic (exact) mass is 591 g/mol. The van der Waals surface area contributed by atoms with E-state index in [1.54, 1.807) is 12.1 Å². The first-order valence-corrected chi connectivity index (χ1v) is 13.9. The van der Waals surface area contributed by atoms with Crippen LogP contribution < -0.4 is 5.73 Å². The number of nitro groups is 1. The van der Waals surface area contributed by atoms with Gasteiger partial charge in [-0.25, -0.2) is 0 Å². The second-order valence-electron chi connectivity index (χ2n) is 13.0. The Morgan fingerprint density at radius 1 is 1.12 bits per heavy atom. The van der Waals surface area contributed by atoms with Gasteiger partial charge in [-0.05, 0) is 61.0 Å². The number of fused-ring (bicyclic) bond motifs is 3. The van der Waals surface area contributed by atoms with Crippen molar-refractivity contribution >= 4 is 34.7 Å². The van der Waals surface area contributed by atoms with Crippen molar-refractivity contribution in [2.45, 2.75) is 50.7 Å². The van der Waals surface area contributed by atoms with Crippen LogP contribution in [-0.4, -0.2) is 74.8 Å². The molecule has 2 aromatic carbocycles. The molecule has 2 fully saturated rings. The summed E-state index contributed by atoms with van der Waals surface area (Å²) in [4.78, 5) is 79.8. The molecule has 12 nitrogen and oxygen atoms in total. The fraction of sp³-hybridized carbons (Fsp3) is 0.452. The maximum Gasteiger partial charge on any atom is 0.270 e. The summed E-state index contributed by atoms with van der Waals surface area (Å²) in [6.45, 7) is 5.43. The number of amides is 1. The molecule has 0 saturated heterocycles. The smallest absolute Gasteiger partial charge is 0.270 e. The van der Waals surface area contributed by atoms with Gasteiger partial charge in [0.25, 0.3) is 5.69 Å². The normalized spacial score (nSPS) is 28.8. The van der Waals surface area contributed by atoms with Gasteiger partial charge in [0.1, 0.15) is 5.75 Å². The lowest BCUT2D eigenvalue weighted by molar-refractivity contribution is -0.384. The molecule has 226 valence electrons. The Morgan fingerprint density at radius 3 is 2.33 bits per heavy atom. The second kappa shape index (κ2) is 9.88. The van der Waals surface area contributed by atoms with Crippen LogP contribution in [0.25, 0.3) is 11.1 Å². The molecule has 0 heterocycles. The summed E-state index contributed by atoms with van der Waals surface area (Å²) in [6, 6.07) is 6.34. The molecule has 2 aromatic rings. The third kappa shape index (κ3) is 4.30. The number of likely N-dealkylation sites (N-methyl/N-ethyl adjacent to an activating group) is 1. The molecule has 1 amide bonds. The predicted octanol–water partition coefficient (Wildman–Crippen LogP) is 1.74. The fourth-order valence-corrected chi connectivity index (χ4v) is 7.29. The number of phenols is 1. The lowest BCUT2D eigenvalue weighted by Crippen LogP contribution is -2.74. The van der Waals surface area contributed by atoms with Gasteiger partial charge in [-0.2, -0.15) is 0 Å². The summed E-state index contributed by atoms with van der Waals surface area (Å²) >= 11 is 0. The van der Waals surface area contributed by atoms with Crippen molar-refractivity contribution in [3.05, 3.63) is 57.1 Å². The molecule has 12 heteroatoms. The van der Waals surface area contributed by atoms with Crippen LogP contribution in [0.3, 0.4) is 0 Å². The van der Waals surface area contributed by atoms with Gasteiger partial charge >= 0.3 is 0 Å². The topological polar surface area (TPSA) is 198 Å². The number of Topliss-reactive ketones (excluding diaryl/α,β-unsaturated/α-hetero) is 4. The molecule has 0 aliphatic heterocycles. The highest BCUT2D eigenvalue weighted by Crippen LogP contribution is 2.53. The number of benzene rings is 2. The molecule has 0 bridgehead atoms. The number of aliphatic hydroxyl groups is 1. The third-order valence-electron chi connectivity index (χ3n) is 9.24. The Hall–Kier alpha value is -4.29. The number of hydrogen-bond acceptors (Lipinski definition) is 10. The van der Waals surface area contributed by atoms with Crippen molar-refractivity contribution in [1.82, 2.24) is 4.90 Å². The van der Waals surface area contributed by atoms with Gasteiger partial charge in [0.2, 0.25) is 5.91 Å². The van der Waals surface area contributed by atoms with E-state index in [9.17, 15) is 44.3 Å². The van der Waals surface area contributed by atoms with Crippen LogP contribution >= 0.6 is 0 Å². The van der Waals surface area contributed by atoms with E-state index in [1.807, 2.05) is 20.8 Å². The summed E-state index contributed by atoms with van der Waals surface area (Å²) in [5.41, 5.74) is 3.16. The lowest BCUT2D eigenvalue weighted by atomic mass is 9.52. The summed E-state index contributed by atoms with van der Waals surface area (Å²) in [5, 5.41) is 34.8. The predicted molar refractivity (Wildman–Crippen MR) is 152 cm³/mol. The van der Waals surface area contributed by atoms with E-state index >= 15 is 0 Å². The van der Waals surface area contributed by atoms with E-state index in [2.05, 4.69) is 0 Å². The molecule has 4 N–H and O–H groups in total. The Labute approximate surface area is 247 Å². The van der Waals surface area contributed by atoms with E-state index in [0.717, 1.165) is 0 Å². The minimum Gasteiger partial charge on any atom is -0.507 e. The van der Waals surface area contributed by atoms with Crippen LogP contribution in [-0.2, 0) is 31.0 Å². The van der Waals surface area contributed by atoms with Crippen LogP contribution in [0.5, 0.6) is 5.75 Å². The van der Waals surface area contributed by atoms with Gasteiger partial charge in [-0.1, -0.05) is 32.9 Å². The summed E-state index contributed by atoms with van der Waals surface area (Å²) in [5.74, 6) is -11.4. The average Bonchev–Trinajstić information content (AvgIpc) is 2.89. The highest BCUT2D eigenvalue weighted by atomic mass is 16.6. The molecule has 43 heavy (non-hydrogen) atoms. The van der Waals surface area contributed by atoms with E-state index in [4.69, 9.17) is 5.73 Å². The molecule has 5 rings (SSSR count). The number of hydrogen-bond donors (Lipinski definition) is 3. The van der Waals surface area contributed by atoms with Crippen molar-refractivity contribution in [3.63, 3.8) is 0 Å². The van der Waals surface area contributed by atoms with Gasteiger partial charge in [0, 0.05) is 23.6 Å². The number of rotatable bonds is 4. The van der Waals surface area contributed by atoms with Crippen molar-refractivity contribution < 1.29 is 39.1 Å². The molecule has 3 aliphatic rings. The molecule has 2 unspecified atom stereocenters. The number of carbonyl (C=O) groups is 5. The van der Waals surface area contributed by atoms with Gasteiger partial charge in [0.15, 0.2) is 34.7 Å². The molecule has 3 aliphatic carbocycles. The summed E-state index contributed by atoms with van der Waals surface area (Å²) in [7, 11) is 3.03. The minimum atomic E-state index is -2.82. The molecule has 6 atom stereocenters. The summed E-state index contributed by atoms with van der Waals surface area (Å²) in [6.07, 6.45) is -0.0537. The highest BCUT2D eigenvalue weighted by Gasteiger charge is 2.69. The first kappa shape index (κ1) is 30.2. The number of ketones is 4. The molecule has 0 aromatic heterocycles. The van der Waals surface area contributed by atoms with E-state index in [1.165, 1.54) is 37.2 Å². The lowest BCUT2D eigenvalue weighted by Gasteiger charge is -2.52. The second-order valence-corrected chi connectivity index (χ2v) is 13.0. The Morgan fingerprint density at radius 2 is 1.77 bits per heavy atom. The number of non-ortho nitro benzene ring substituents is 1. The van der Waals surface area contributed by atoms with Gasteiger partial charge in [-0.15, -0.1) is 0 Å². The number of aromatic hydroxyl groups is 1.